The molecule has 0 bridgehead atoms. The lowest BCUT2D eigenvalue weighted by atomic mass is 10.0. The average Bonchev–Trinajstić information content (AvgIpc) is 2.66. The van der Waals surface area contributed by atoms with E-state index in [4.69, 9.17) is 0 Å². The molecule has 2 amide bonds. The van der Waals surface area contributed by atoms with Crippen molar-refractivity contribution < 1.29 is 9.59 Å². The van der Waals surface area contributed by atoms with Crippen LogP contribution in [0.15, 0.2) is 65.8 Å². The third-order valence-corrected chi connectivity index (χ3v) is 3.81. The summed E-state index contributed by atoms with van der Waals surface area (Å²) in [4.78, 5) is 24.9. The summed E-state index contributed by atoms with van der Waals surface area (Å²) in [7, 11) is 0. The van der Waals surface area contributed by atoms with Crippen LogP contribution < -0.4 is 10.7 Å². The van der Waals surface area contributed by atoms with Crippen LogP contribution in [0.3, 0.4) is 0 Å². The summed E-state index contributed by atoms with van der Waals surface area (Å²) in [5.74, 6) is -0.617. The highest BCUT2D eigenvalue weighted by Gasteiger charge is 2.21. The molecular formula is C20H23N3O2. The smallest absolute Gasteiger partial charge is 0.262 e. The first kappa shape index (κ1) is 18.4. The van der Waals surface area contributed by atoms with Crippen molar-refractivity contribution in [2.45, 2.75) is 32.7 Å². The minimum atomic E-state index is -0.705. The van der Waals surface area contributed by atoms with Gasteiger partial charge in [0.15, 0.2) is 0 Å². The molecule has 5 heteroatoms. The fraction of sp³-hybridized carbons (Fsp3) is 0.250. The Balaban J connectivity index is 2.13. The van der Waals surface area contributed by atoms with Gasteiger partial charge in [0.25, 0.3) is 11.8 Å². The predicted molar refractivity (Wildman–Crippen MR) is 99.4 cm³/mol. The molecule has 0 fully saturated rings. The van der Waals surface area contributed by atoms with Gasteiger partial charge in [-0.3, -0.25) is 9.59 Å². The third kappa shape index (κ3) is 5.88. The minimum Gasteiger partial charge on any atom is -0.340 e. The summed E-state index contributed by atoms with van der Waals surface area (Å²) in [6.07, 6.45) is 1.14. The van der Waals surface area contributed by atoms with E-state index in [1.807, 2.05) is 50.2 Å². The molecule has 0 spiro atoms. The number of hydrogen-bond donors (Lipinski definition) is 2. The lowest BCUT2D eigenvalue weighted by Crippen LogP contribution is -2.47. The number of amides is 2. The maximum atomic E-state index is 12.5. The van der Waals surface area contributed by atoms with Gasteiger partial charge in [0.05, 0.1) is 0 Å². The molecule has 1 atom stereocenters. The monoisotopic (exact) mass is 337 g/mol. The highest BCUT2D eigenvalue weighted by atomic mass is 16.2. The quantitative estimate of drug-likeness (QED) is 0.602. The van der Waals surface area contributed by atoms with Gasteiger partial charge < -0.3 is 5.32 Å². The van der Waals surface area contributed by atoms with Crippen molar-refractivity contribution in [3.05, 3.63) is 71.8 Å². The SMILES string of the molecule is CC/C(C)=N\NC(=O)[C@H](Cc1ccccc1)NC(=O)c1ccccc1. The topological polar surface area (TPSA) is 70.6 Å². The van der Waals surface area contributed by atoms with Crippen LogP contribution in [0.25, 0.3) is 0 Å². The summed E-state index contributed by atoms with van der Waals surface area (Å²) >= 11 is 0. The van der Waals surface area contributed by atoms with E-state index in [0.29, 0.717) is 12.0 Å². The molecular weight excluding hydrogens is 314 g/mol. The Labute approximate surface area is 148 Å². The first-order valence-corrected chi connectivity index (χ1v) is 8.33. The molecule has 2 aromatic carbocycles. The van der Waals surface area contributed by atoms with Gasteiger partial charge in [-0.15, -0.1) is 0 Å². The Kier molecular flexibility index (Phi) is 6.89. The average molecular weight is 337 g/mol. The first-order valence-electron chi connectivity index (χ1n) is 8.33. The molecule has 2 N–H and O–H groups in total. The van der Waals surface area contributed by atoms with E-state index in [0.717, 1.165) is 17.7 Å². The Hall–Kier alpha value is -2.95. The molecule has 5 nitrogen and oxygen atoms in total. The van der Waals surface area contributed by atoms with Crippen LogP contribution in [-0.2, 0) is 11.2 Å². The maximum absolute atomic E-state index is 12.5. The maximum Gasteiger partial charge on any atom is 0.262 e. The summed E-state index contributed by atoms with van der Waals surface area (Å²) < 4.78 is 0. The van der Waals surface area contributed by atoms with Crippen molar-refractivity contribution in [2.75, 3.05) is 0 Å². The van der Waals surface area contributed by atoms with Crippen molar-refractivity contribution in [1.82, 2.24) is 10.7 Å². The molecule has 25 heavy (non-hydrogen) atoms. The Morgan fingerprint density at radius 1 is 1.00 bits per heavy atom. The number of nitrogens with one attached hydrogen (secondary N) is 2. The summed E-state index contributed by atoms with van der Waals surface area (Å²) in [5.41, 5.74) is 4.85. The van der Waals surface area contributed by atoms with Gasteiger partial charge in [-0.1, -0.05) is 55.5 Å². The fourth-order valence-electron chi connectivity index (χ4n) is 2.20. The fourth-order valence-corrected chi connectivity index (χ4v) is 2.20. The Morgan fingerprint density at radius 2 is 1.60 bits per heavy atom. The van der Waals surface area contributed by atoms with Gasteiger partial charge >= 0.3 is 0 Å². The van der Waals surface area contributed by atoms with Crippen LogP contribution in [0.4, 0.5) is 0 Å². The minimum absolute atomic E-state index is 0.284. The lowest BCUT2D eigenvalue weighted by Gasteiger charge is -2.17. The van der Waals surface area contributed by atoms with Crippen LogP contribution in [-0.4, -0.2) is 23.6 Å². The van der Waals surface area contributed by atoms with Crippen molar-refractivity contribution in [3.63, 3.8) is 0 Å². The third-order valence-electron chi connectivity index (χ3n) is 3.81. The molecule has 0 aliphatic carbocycles. The van der Waals surface area contributed by atoms with Gasteiger partial charge in [-0.2, -0.15) is 5.10 Å². The predicted octanol–water partition coefficient (Wildman–Crippen LogP) is 2.93. The molecule has 0 heterocycles. The van der Waals surface area contributed by atoms with E-state index in [9.17, 15) is 9.59 Å². The number of rotatable bonds is 7. The zero-order valence-corrected chi connectivity index (χ0v) is 14.5. The van der Waals surface area contributed by atoms with E-state index >= 15 is 0 Å². The van der Waals surface area contributed by atoms with E-state index < -0.39 is 6.04 Å². The zero-order valence-electron chi connectivity index (χ0n) is 14.5. The summed E-state index contributed by atoms with van der Waals surface area (Å²) in [6, 6.07) is 17.7. The van der Waals surface area contributed by atoms with E-state index in [2.05, 4.69) is 15.8 Å². The van der Waals surface area contributed by atoms with Crippen molar-refractivity contribution in [2.24, 2.45) is 5.10 Å². The van der Waals surface area contributed by atoms with Gasteiger partial charge in [0, 0.05) is 17.7 Å². The second-order valence-corrected chi connectivity index (χ2v) is 5.76. The molecule has 0 radical (unpaired) electrons. The Morgan fingerprint density at radius 3 is 2.20 bits per heavy atom. The van der Waals surface area contributed by atoms with Crippen LogP contribution in [0.5, 0.6) is 0 Å². The van der Waals surface area contributed by atoms with Crippen LogP contribution in [0.1, 0.15) is 36.2 Å². The second-order valence-electron chi connectivity index (χ2n) is 5.76. The molecule has 130 valence electrons. The van der Waals surface area contributed by atoms with Crippen molar-refractivity contribution in [1.29, 1.82) is 0 Å². The van der Waals surface area contributed by atoms with Gasteiger partial charge in [0.1, 0.15) is 6.04 Å². The van der Waals surface area contributed by atoms with Crippen LogP contribution in [0, 0.1) is 0 Å². The molecule has 0 aromatic heterocycles. The molecule has 0 saturated carbocycles. The van der Waals surface area contributed by atoms with Crippen LogP contribution >= 0.6 is 0 Å². The molecule has 0 aliphatic rings. The normalized spacial score (nSPS) is 12.3. The first-order chi connectivity index (χ1) is 12.1. The number of benzene rings is 2. The van der Waals surface area contributed by atoms with Crippen LogP contribution in [0.2, 0.25) is 0 Å². The molecule has 0 unspecified atom stereocenters. The Bertz CT molecular complexity index is 727. The zero-order chi connectivity index (χ0) is 18.1. The van der Waals surface area contributed by atoms with E-state index in [-0.39, 0.29) is 11.8 Å². The molecule has 0 aliphatic heterocycles. The summed E-state index contributed by atoms with van der Waals surface area (Å²) in [6.45, 7) is 3.80. The van der Waals surface area contributed by atoms with Crippen molar-refractivity contribution >= 4 is 17.5 Å². The van der Waals surface area contributed by atoms with Gasteiger partial charge in [-0.05, 0) is 31.0 Å². The highest BCUT2D eigenvalue weighted by Crippen LogP contribution is 2.06. The number of carbonyl (C=O) groups is 2. The van der Waals surface area contributed by atoms with Gasteiger partial charge in [0.2, 0.25) is 0 Å². The molecule has 0 saturated heterocycles. The number of nitrogens with zero attached hydrogens (tertiary/aromatic N) is 1. The number of hydrazone groups is 1. The number of carbonyl (C=O) groups excluding carboxylic acids is 2. The summed E-state index contributed by atoms with van der Waals surface area (Å²) in [5, 5.41) is 6.85. The molecule has 2 aromatic rings. The van der Waals surface area contributed by atoms with Crippen molar-refractivity contribution in [3.8, 4) is 0 Å². The largest absolute Gasteiger partial charge is 0.340 e. The van der Waals surface area contributed by atoms with E-state index in [1.54, 1.807) is 24.3 Å². The second kappa shape index (κ2) is 9.37. The molecule has 2 rings (SSSR count). The van der Waals surface area contributed by atoms with E-state index in [1.165, 1.54) is 0 Å². The number of hydrogen-bond acceptors (Lipinski definition) is 3. The lowest BCUT2D eigenvalue weighted by molar-refractivity contribution is -0.122. The highest BCUT2D eigenvalue weighted by molar-refractivity contribution is 5.97. The van der Waals surface area contributed by atoms with Gasteiger partial charge in [-0.25, -0.2) is 5.43 Å². The standard InChI is InChI=1S/C20H23N3O2/c1-3-15(2)22-23-20(25)18(14-16-10-6-4-7-11-16)21-19(24)17-12-8-5-9-13-17/h4-13,18H,3,14H2,1-2H3,(H,21,24)(H,23,25)/b22-15-/t18-/m0/s1.